The zero-order valence-corrected chi connectivity index (χ0v) is 6.92. The van der Waals surface area contributed by atoms with Crippen LogP contribution in [-0.4, -0.2) is 6.16 Å². The van der Waals surface area contributed by atoms with Gasteiger partial charge in [0.1, 0.15) is 0 Å². The Balaban J connectivity index is 2.63. The van der Waals surface area contributed by atoms with Gasteiger partial charge in [-0.05, 0) is 12.1 Å². The molecule has 54 valence electrons. The quantitative estimate of drug-likeness (QED) is 0.535. The van der Waals surface area contributed by atoms with Crippen molar-refractivity contribution in [2.75, 3.05) is 6.16 Å². The Morgan fingerprint density at radius 2 is 2.09 bits per heavy atom. The van der Waals surface area contributed by atoms with E-state index in [1.807, 2.05) is 36.4 Å². The molecule has 0 saturated carbocycles. The van der Waals surface area contributed by atoms with Crippen LogP contribution in [0.15, 0.2) is 30.3 Å². The third kappa shape index (κ3) is 1.12. The second-order valence-corrected chi connectivity index (χ2v) is 4.13. The topological polar surface area (TPSA) is 17.1 Å². The summed E-state index contributed by atoms with van der Waals surface area (Å²) in [6.45, 7) is 0. The lowest BCUT2D eigenvalue weighted by atomic mass is 10.2. The number of hydrogen-bond acceptors (Lipinski definition) is 1. The Kier molecular flexibility index (Phi) is 1.59. The van der Waals surface area contributed by atoms with Gasteiger partial charge in [0.2, 0.25) is 0 Å². The average molecular weight is 163 g/mol. The van der Waals surface area contributed by atoms with Gasteiger partial charge in [-0.1, -0.05) is 28.8 Å². The fourth-order valence-corrected chi connectivity index (χ4v) is 2.41. The summed E-state index contributed by atoms with van der Waals surface area (Å²) in [5.74, 6) is 0. The van der Waals surface area contributed by atoms with Crippen LogP contribution in [0, 0.1) is 0 Å². The van der Waals surface area contributed by atoms with Crippen molar-refractivity contribution >= 4 is 19.2 Å². The van der Waals surface area contributed by atoms with E-state index in [2.05, 4.69) is 0 Å². The first-order valence-electron chi connectivity index (χ1n) is 3.58. The van der Waals surface area contributed by atoms with Crippen molar-refractivity contribution in [3.8, 4) is 0 Å². The van der Waals surface area contributed by atoms with Crippen LogP contribution >= 0.6 is 7.80 Å². The number of benzene rings is 1. The Hall–Kier alpha value is -0.940. The summed E-state index contributed by atoms with van der Waals surface area (Å²) in [6.07, 6.45) is 4.71. The predicted octanol–water partition coefficient (Wildman–Crippen LogP) is 2.17. The van der Waals surface area contributed by atoms with Gasteiger partial charge >= 0.3 is 7.80 Å². The van der Waals surface area contributed by atoms with E-state index in [0.717, 1.165) is 10.9 Å². The molecule has 0 saturated heterocycles. The van der Waals surface area contributed by atoms with Gasteiger partial charge in [-0.2, -0.15) is 0 Å². The maximum absolute atomic E-state index is 11.4. The van der Waals surface area contributed by atoms with Crippen molar-refractivity contribution in [1.82, 2.24) is 0 Å². The lowest BCUT2D eigenvalue weighted by Gasteiger charge is -1.97. The highest BCUT2D eigenvalue weighted by atomic mass is 31.1. The highest BCUT2D eigenvalue weighted by molar-refractivity contribution is 7.54. The molecule has 0 aliphatic carbocycles. The van der Waals surface area contributed by atoms with Gasteiger partial charge in [-0.3, -0.25) is 0 Å². The summed E-state index contributed by atoms with van der Waals surface area (Å²) < 4.78 is 11.4. The summed E-state index contributed by atoms with van der Waals surface area (Å²) in [5.41, 5.74) is 1.11. The Labute approximate surface area is 66.5 Å². The summed E-state index contributed by atoms with van der Waals surface area (Å²) >= 11 is 0. The zero-order chi connectivity index (χ0) is 7.68. The monoisotopic (exact) mass is 163 g/mol. The third-order valence-electron chi connectivity index (χ3n) is 1.77. The van der Waals surface area contributed by atoms with Crippen molar-refractivity contribution in [3.05, 3.63) is 35.9 Å². The number of fused-ring (bicyclic) bond motifs is 1. The first kappa shape index (κ1) is 6.75. The molecule has 1 aliphatic rings. The molecule has 0 N–H and O–H groups in total. The van der Waals surface area contributed by atoms with Gasteiger partial charge < -0.3 is 0 Å². The summed E-state index contributed by atoms with van der Waals surface area (Å²) in [5, 5.41) is 1.00. The van der Waals surface area contributed by atoms with Gasteiger partial charge in [0, 0.05) is 5.56 Å². The van der Waals surface area contributed by atoms with Crippen molar-refractivity contribution < 1.29 is 4.57 Å². The molecule has 11 heavy (non-hydrogen) atoms. The van der Waals surface area contributed by atoms with Crippen molar-refractivity contribution in [3.63, 3.8) is 0 Å². The molecular formula is C9H8OP+. The molecule has 0 amide bonds. The van der Waals surface area contributed by atoms with Gasteiger partial charge in [-0.15, -0.1) is 0 Å². The van der Waals surface area contributed by atoms with Crippen LogP contribution in [0.3, 0.4) is 0 Å². The summed E-state index contributed by atoms with van der Waals surface area (Å²) in [4.78, 5) is 0. The molecule has 0 spiro atoms. The minimum atomic E-state index is -1.14. The highest BCUT2D eigenvalue weighted by Crippen LogP contribution is 2.26. The molecule has 1 heterocycles. The minimum absolute atomic E-state index is 0.701. The van der Waals surface area contributed by atoms with E-state index < -0.39 is 7.80 Å². The Bertz CT molecular complexity index is 328. The molecule has 2 heteroatoms. The fraction of sp³-hybridized carbons (Fsp3) is 0.111. The second kappa shape index (κ2) is 2.60. The van der Waals surface area contributed by atoms with Crippen LogP contribution < -0.4 is 5.30 Å². The first-order valence-corrected chi connectivity index (χ1v) is 5.02. The minimum Gasteiger partial charge on any atom is -0.0677 e. The summed E-state index contributed by atoms with van der Waals surface area (Å²) in [6, 6.07) is 7.85. The van der Waals surface area contributed by atoms with Gasteiger partial charge in [0.15, 0.2) is 11.5 Å². The van der Waals surface area contributed by atoms with Crippen molar-refractivity contribution in [2.45, 2.75) is 0 Å². The molecule has 1 aromatic carbocycles. The average Bonchev–Trinajstić information content (AvgIpc) is 2.06. The molecular weight excluding hydrogens is 155 g/mol. The first-order chi connectivity index (χ1) is 5.38. The third-order valence-corrected chi connectivity index (χ3v) is 3.26. The largest absolute Gasteiger partial charge is 0.381 e. The Morgan fingerprint density at radius 1 is 1.27 bits per heavy atom. The van der Waals surface area contributed by atoms with Crippen LogP contribution in [0.4, 0.5) is 0 Å². The maximum Gasteiger partial charge on any atom is 0.381 e. The summed E-state index contributed by atoms with van der Waals surface area (Å²) in [7, 11) is -1.14. The number of hydrogen-bond donors (Lipinski definition) is 0. The second-order valence-electron chi connectivity index (χ2n) is 2.52. The molecule has 0 aromatic heterocycles. The molecule has 0 fully saturated rings. The molecule has 1 atom stereocenters. The molecule has 1 aliphatic heterocycles. The van der Waals surface area contributed by atoms with E-state index in [0.29, 0.717) is 6.16 Å². The van der Waals surface area contributed by atoms with Crippen LogP contribution in [0.5, 0.6) is 0 Å². The van der Waals surface area contributed by atoms with Crippen LogP contribution in [0.1, 0.15) is 5.56 Å². The normalized spacial score (nSPS) is 18.0. The van der Waals surface area contributed by atoms with Crippen LogP contribution in [0.25, 0.3) is 6.08 Å². The molecule has 1 nitrogen and oxygen atoms in total. The Morgan fingerprint density at radius 3 is 2.91 bits per heavy atom. The molecule has 0 radical (unpaired) electrons. The lowest BCUT2D eigenvalue weighted by Crippen LogP contribution is -2.05. The van der Waals surface area contributed by atoms with E-state index in [4.69, 9.17) is 0 Å². The van der Waals surface area contributed by atoms with Crippen LogP contribution in [0.2, 0.25) is 0 Å². The molecule has 1 aromatic rings. The number of rotatable bonds is 0. The lowest BCUT2D eigenvalue weighted by molar-refractivity contribution is 0.594. The maximum atomic E-state index is 11.4. The molecule has 2 rings (SSSR count). The SMILES string of the molecule is O=[P+]1CC=Cc2ccccc21. The van der Waals surface area contributed by atoms with E-state index >= 15 is 0 Å². The van der Waals surface area contributed by atoms with Gasteiger partial charge in [-0.25, -0.2) is 0 Å². The van der Waals surface area contributed by atoms with E-state index in [1.165, 1.54) is 0 Å². The van der Waals surface area contributed by atoms with E-state index in [9.17, 15) is 4.57 Å². The molecule has 1 unspecified atom stereocenters. The van der Waals surface area contributed by atoms with Crippen molar-refractivity contribution in [1.29, 1.82) is 0 Å². The van der Waals surface area contributed by atoms with Crippen molar-refractivity contribution in [2.24, 2.45) is 0 Å². The van der Waals surface area contributed by atoms with Crippen LogP contribution in [-0.2, 0) is 4.57 Å². The smallest absolute Gasteiger partial charge is 0.0677 e. The fourth-order valence-electron chi connectivity index (χ4n) is 1.23. The standard InChI is InChI=1S/C9H8OP/c10-11-7-3-5-8-4-1-2-6-9(8)11/h1-6H,7H2/q+1. The van der Waals surface area contributed by atoms with Gasteiger partial charge in [0.05, 0.1) is 0 Å². The number of allylic oxidation sites excluding steroid dienone is 1. The zero-order valence-electron chi connectivity index (χ0n) is 6.03. The highest BCUT2D eigenvalue weighted by Gasteiger charge is 2.23. The van der Waals surface area contributed by atoms with E-state index in [-0.39, 0.29) is 0 Å². The molecule has 0 bridgehead atoms. The predicted molar refractivity (Wildman–Crippen MR) is 47.6 cm³/mol. The van der Waals surface area contributed by atoms with E-state index in [1.54, 1.807) is 0 Å². The van der Waals surface area contributed by atoms with Gasteiger partial charge in [0.25, 0.3) is 0 Å².